The summed E-state index contributed by atoms with van der Waals surface area (Å²) < 4.78 is 2.02. The quantitative estimate of drug-likeness (QED) is 0.837. The lowest BCUT2D eigenvalue weighted by atomic mass is 10.2. The molecule has 0 radical (unpaired) electrons. The molecule has 1 unspecified atom stereocenters. The van der Waals surface area contributed by atoms with Crippen molar-refractivity contribution in [2.24, 2.45) is 4.99 Å². The van der Waals surface area contributed by atoms with Crippen LogP contribution in [0.1, 0.15) is 46.0 Å². The monoisotopic (exact) mass is 373 g/mol. The Kier molecular flexibility index (Phi) is 5.38. The third kappa shape index (κ3) is 3.64. The molecule has 1 aromatic heterocycles. The second-order valence-corrected chi connectivity index (χ2v) is 7.43. The summed E-state index contributed by atoms with van der Waals surface area (Å²) in [5.41, 5.74) is 2.26. The van der Waals surface area contributed by atoms with Crippen molar-refractivity contribution in [3.05, 3.63) is 45.2 Å². The molecule has 0 spiro atoms. The first-order valence-corrected chi connectivity index (χ1v) is 9.55. The molecule has 2 heterocycles. The highest BCUT2D eigenvalue weighted by Gasteiger charge is 2.25. The molecule has 1 atom stereocenters. The predicted octanol–water partition coefficient (Wildman–Crippen LogP) is 2.52. The molecule has 6 nitrogen and oxygen atoms in total. The van der Waals surface area contributed by atoms with Gasteiger partial charge in [-0.05, 0) is 44.5 Å². The lowest BCUT2D eigenvalue weighted by molar-refractivity contribution is 0.0765. The number of carbonyl (C=O) groups excluding carboxylic acids is 2. The first kappa shape index (κ1) is 18.5. The Morgan fingerprint density at radius 1 is 1.31 bits per heavy atom. The summed E-state index contributed by atoms with van der Waals surface area (Å²) in [6.45, 7) is 7.24. The smallest absolute Gasteiger partial charge is 0.253 e. The van der Waals surface area contributed by atoms with Crippen molar-refractivity contribution in [2.45, 2.75) is 39.8 Å². The third-order valence-corrected chi connectivity index (χ3v) is 5.86. The van der Waals surface area contributed by atoms with Crippen molar-refractivity contribution in [2.75, 3.05) is 13.1 Å². The normalized spacial score (nSPS) is 17.8. The van der Waals surface area contributed by atoms with Crippen LogP contribution in [0.15, 0.2) is 29.3 Å². The number of carbonyl (C=O) groups is 2. The van der Waals surface area contributed by atoms with Crippen LogP contribution < -0.4 is 4.80 Å². The van der Waals surface area contributed by atoms with E-state index < -0.39 is 6.10 Å². The molecule has 1 amide bonds. The van der Waals surface area contributed by atoms with Gasteiger partial charge in [0.15, 0.2) is 10.6 Å². The molecule has 7 heteroatoms. The van der Waals surface area contributed by atoms with Gasteiger partial charge in [0.25, 0.3) is 5.91 Å². The molecule has 1 saturated heterocycles. The van der Waals surface area contributed by atoms with Crippen molar-refractivity contribution in [3.8, 4) is 0 Å². The Hall–Kier alpha value is -2.25. The number of likely N-dealkylation sites (tertiary alicyclic amines) is 1. The number of β-amino-alcohol motifs (C(OH)–C–C–N with tert-alkyl or cyclic N) is 1. The van der Waals surface area contributed by atoms with Gasteiger partial charge in [-0.3, -0.25) is 9.59 Å². The van der Waals surface area contributed by atoms with E-state index in [1.165, 1.54) is 11.3 Å². The van der Waals surface area contributed by atoms with Gasteiger partial charge in [0, 0.05) is 37.8 Å². The fourth-order valence-electron chi connectivity index (χ4n) is 3.17. The summed E-state index contributed by atoms with van der Waals surface area (Å²) >= 11 is 1.39. The zero-order valence-electron chi connectivity index (χ0n) is 15.2. The molecule has 0 saturated carbocycles. The van der Waals surface area contributed by atoms with Crippen LogP contribution in [0, 0.1) is 6.92 Å². The van der Waals surface area contributed by atoms with E-state index >= 15 is 0 Å². The van der Waals surface area contributed by atoms with Crippen molar-refractivity contribution in [3.63, 3.8) is 0 Å². The number of benzene rings is 1. The summed E-state index contributed by atoms with van der Waals surface area (Å²) in [6.07, 6.45) is 0.210. The second kappa shape index (κ2) is 7.55. The number of thiazole rings is 1. The maximum absolute atomic E-state index is 12.4. The third-order valence-electron chi connectivity index (χ3n) is 4.58. The number of aliphatic hydroxyl groups excluding tert-OH is 1. The van der Waals surface area contributed by atoms with Crippen LogP contribution in [0.3, 0.4) is 0 Å². The van der Waals surface area contributed by atoms with Gasteiger partial charge in [0.1, 0.15) is 0 Å². The summed E-state index contributed by atoms with van der Waals surface area (Å²) in [4.78, 5) is 32.0. The average Bonchev–Trinajstić information content (AvgIpc) is 3.18. The minimum atomic E-state index is -0.421. The van der Waals surface area contributed by atoms with Crippen LogP contribution >= 0.6 is 11.3 Å². The van der Waals surface area contributed by atoms with E-state index in [-0.39, 0.29) is 11.7 Å². The second-order valence-electron chi connectivity index (χ2n) is 6.45. The number of rotatable bonds is 4. The molecule has 1 aliphatic heterocycles. The number of aromatic nitrogens is 1. The maximum atomic E-state index is 12.4. The minimum absolute atomic E-state index is 0.0462. The Balaban J connectivity index is 1.88. The molecule has 2 aromatic rings. The first-order valence-electron chi connectivity index (χ1n) is 8.74. The number of hydrogen-bond donors (Lipinski definition) is 1. The Morgan fingerprint density at radius 2 is 2.00 bits per heavy atom. The molecule has 1 aromatic carbocycles. The van der Waals surface area contributed by atoms with Crippen molar-refractivity contribution in [1.82, 2.24) is 9.47 Å². The van der Waals surface area contributed by atoms with E-state index in [9.17, 15) is 14.7 Å². The molecule has 1 aliphatic rings. The summed E-state index contributed by atoms with van der Waals surface area (Å²) in [5.74, 6) is -0.0209. The number of aliphatic hydroxyl groups is 1. The standard InChI is InChI=1S/C19H23N3O3S/c1-4-22-12(2)17(13(3)23)26-19(22)20-15-7-5-14(6-8-15)18(25)21-10-9-16(24)11-21/h5-8,16,24H,4,9-11H2,1-3H3. The van der Waals surface area contributed by atoms with Crippen molar-refractivity contribution >= 4 is 28.7 Å². The Morgan fingerprint density at radius 3 is 2.54 bits per heavy atom. The number of nitrogens with zero attached hydrogens (tertiary/aromatic N) is 3. The molecule has 0 aliphatic carbocycles. The zero-order chi connectivity index (χ0) is 18.8. The van der Waals surface area contributed by atoms with E-state index in [1.807, 2.05) is 30.5 Å². The average molecular weight is 373 g/mol. The number of hydrogen-bond acceptors (Lipinski definition) is 5. The molecule has 0 bridgehead atoms. The lowest BCUT2D eigenvalue weighted by Gasteiger charge is -2.15. The van der Waals surface area contributed by atoms with Crippen LogP contribution in [0.25, 0.3) is 0 Å². The van der Waals surface area contributed by atoms with E-state index in [2.05, 4.69) is 4.99 Å². The summed E-state index contributed by atoms with van der Waals surface area (Å²) in [7, 11) is 0. The molecular formula is C19H23N3O3S. The van der Waals surface area contributed by atoms with E-state index in [1.54, 1.807) is 24.0 Å². The summed E-state index contributed by atoms with van der Waals surface area (Å²) in [6, 6.07) is 7.13. The van der Waals surface area contributed by atoms with E-state index in [4.69, 9.17) is 0 Å². The van der Waals surface area contributed by atoms with Gasteiger partial charge in [0.2, 0.25) is 0 Å². The highest BCUT2D eigenvalue weighted by atomic mass is 32.1. The zero-order valence-corrected chi connectivity index (χ0v) is 16.0. The van der Waals surface area contributed by atoms with Gasteiger partial charge in [-0.2, -0.15) is 0 Å². The first-order chi connectivity index (χ1) is 12.4. The fourth-order valence-corrected chi connectivity index (χ4v) is 4.28. The van der Waals surface area contributed by atoms with Gasteiger partial charge in [-0.15, -0.1) is 0 Å². The molecule has 1 N–H and O–H groups in total. The van der Waals surface area contributed by atoms with Crippen LogP contribution in [0.2, 0.25) is 0 Å². The molecular weight excluding hydrogens is 350 g/mol. The Bertz CT molecular complexity index is 896. The summed E-state index contributed by atoms with van der Waals surface area (Å²) in [5, 5.41) is 9.58. The minimum Gasteiger partial charge on any atom is -0.391 e. The van der Waals surface area contributed by atoms with Crippen LogP contribution in [-0.4, -0.2) is 45.5 Å². The Labute approximate surface area is 156 Å². The number of amides is 1. The van der Waals surface area contributed by atoms with Crippen LogP contribution in [0.4, 0.5) is 5.69 Å². The largest absolute Gasteiger partial charge is 0.391 e. The molecule has 138 valence electrons. The van der Waals surface area contributed by atoms with Crippen molar-refractivity contribution < 1.29 is 14.7 Å². The van der Waals surface area contributed by atoms with E-state index in [0.29, 0.717) is 25.1 Å². The SMILES string of the molecule is CCn1c(C)c(C(C)=O)sc1=Nc1ccc(C(=O)N2CCC(O)C2)cc1. The fraction of sp³-hybridized carbons (Fsp3) is 0.421. The topological polar surface area (TPSA) is 74.9 Å². The van der Waals surface area contributed by atoms with E-state index in [0.717, 1.165) is 27.6 Å². The lowest BCUT2D eigenvalue weighted by Crippen LogP contribution is -2.29. The molecule has 3 rings (SSSR count). The number of Topliss-reactive ketones (excluding diaryl/α,β-unsaturated/α-hetero) is 1. The van der Waals surface area contributed by atoms with Gasteiger partial charge in [-0.1, -0.05) is 11.3 Å². The van der Waals surface area contributed by atoms with Crippen LogP contribution in [0.5, 0.6) is 0 Å². The predicted molar refractivity (Wildman–Crippen MR) is 101 cm³/mol. The van der Waals surface area contributed by atoms with Crippen molar-refractivity contribution in [1.29, 1.82) is 0 Å². The molecule has 26 heavy (non-hydrogen) atoms. The maximum Gasteiger partial charge on any atom is 0.253 e. The van der Waals surface area contributed by atoms with Gasteiger partial charge < -0.3 is 14.6 Å². The van der Waals surface area contributed by atoms with Gasteiger partial charge in [0.05, 0.1) is 16.7 Å². The molecule has 1 fully saturated rings. The van der Waals surface area contributed by atoms with Crippen LogP contribution in [-0.2, 0) is 6.54 Å². The van der Waals surface area contributed by atoms with Gasteiger partial charge in [-0.25, -0.2) is 4.99 Å². The number of ketones is 1. The highest BCUT2D eigenvalue weighted by molar-refractivity contribution is 7.11. The van der Waals surface area contributed by atoms with Gasteiger partial charge >= 0.3 is 0 Å². The highest BCUT2D eigenvalue weighted by Crippen LogP contribution is 2.18.